The lowest BCUT2D eigenvalue weighted by Crippen LogP contribution is -2.30. The number of carbonyl (C=O) groups excluding carboxylic acids is 2. The van der Waals surface area contributed by atoms with Crippen molar-refractivity contribution in [2.24, 2.45) is 0 Å². The third-order valence-electron chi connectivity index (χ3n) is 3.50. The monoisotopic (exact) mass is 376 g/mol. The van der Waals surface area contributed by atoms with E-state index in [0.717, 1.165) is 10.7 Å². The number of urea groups is 1. The van der Waals surface area contributed by atoms with Crippen LogP contribution in [-0.2, 0) is 11.2 Å². The smallest absolute Gasteiger partial charge is 0.319 e. The van der Waals surface area contributed by atoms with Gasteiger partial charge in [0.1, 0.15) is 5.75 Å². The Morgan fingerprint density at radius 3 is 2.65 bits per heavy atom. The van der Waals surface area contributed by atoms with Crippen LogP contribution in [0.3, 0.4) is 0 Å². The molecule has 2 aromatic rings. The van der Waals surface area contributed by atoms with Crippen LogP contribution in [0, 0.1) is 0 Å². The number of hydrogen-bond donors (Lipinski definition) is 3. The van der Waals surface area contributed by atoms with E-state index >= 15 is 0 Å². The van der Waals surface area contributed by atoms with Crippen molar-refractivity contribution in [2.45, 2.75) is 33.1 Å². The molecule has 0 saturated heterocycles. The van der Waals surface area contributed by atoms with Gasteiger partial charge in [-0.2, -0.15) is 0 Å². The molecule has 0 aliphatic carbocycles. The molecule has 0 unspecified atom stereocenters. The minimum atomic E-state index is -0.307. The van der Waals surface area contributed by atoms with E-state index in [1.807, 2.05) is 5.38 Å². The van der Waals surface area contributed by atoms with Crippen molar-refractivity contribution in [1.82, 2.24) is 10.3 Å². The van der Waals surface area contributed by atoms with Crippen LogP contribution in [0.2, 0.25) is 0 Å². The number of rotatable bonds is 7. The van der Waals surface area contributed by atoms with Gasteiger partial charge in [-0.3, -0.25) is 4.79 Å². The fraction of sp³-hybridized carbons (Fsp3) is 0.389. The number of benzene rings is 1. The number of amides is 3. The van der Waals surface area contributed by atoms with Crippen LogP contribution < -0.4 is 20.7 Å². The van der Waals surface area contributed by atoms with Gasteiger partial charge >= 0.3 is 6.03 Å². The summed E-state index contributed by atoms with van der Waals surface area (Å²) in [6.07, 6.45) is 0.682. The molecule has 0 saturated carbocycles. The Labute approximate surface area is 157 Å². The topological polar surface area (TPSA) is 92.3 Å². The maximum absolute atomic E-state index is 12.0. The second-order valence-electron chi connectivity index (χ2n) is 6.06. The fourth-order valence-corrected chi connectivity index (χ4v) is 3.11. The van der Waals surface area contributed by atoms with Crippen molar-refractivity contribution < 1.29 is 14.3 Å². The molecule has 0 fully saturated rings. The molecule has 2 rings (SSSR count). The van der Waals surface area contributed by atoms with Crippen LogP contribution in [0.1, 0.15) is 37.4 Å². The molecule has 1 heterocycles. The lowest BCUT2D eigenvalue weighted by atomic mass is 10.2. The van der Waals surface area contributed by atoms with Crippen LogP contribution in [0.4, 0.5) is 16.2 Å². The van der Waals surface area contributed by atoms with Crippen LogP contribution in [0.5, 0.6) is 5.75 Å². The van der Waals surface area contributed by atoms with Gasteiger partial charge in [0, 0.05) is 42.9 Å². The van der Waals surface area contributed by atoms with E-state index in [9.17, 15) is 9.59 Å². The molecule has 0 radical (unpaired) electrons. The number of carbonyl (C=O) groups is 2. The Morgan fingerprint density at radius 1 is 1.27 bits per heavy atom. The molecule has 0 aliphatic rings. The largest absolute Gasteiger partial charge is 0.494 e. The predicted molar refractivity (Wildman–Crippen MR) is 104 cm³/mol. The van der Waals surface area contributed by atoms with Gasteiger partial charge in [0.15, 0.2) is 0 Å². The highest BCUT2D eigenvalue weighted by Gasteiger charge is 2.09. The minimum Gasteiger partial charge on any atom is -0.494 e. The van der Waals surface area contributed by atoms with E-state index in [4.69, 9.17) is 4.74 Å². The van der Waals surface area contributed by atoms with Crippen molar-refractivity contribution in [1.29, 1.82) is 0 Å². The highest BCUT2D eigenvalue weighted by Crippen LogP contribution is 2.27. The van der Waals surface area contributed by atoms with Gasteiger partial charge in [0.25, 0.3) is 0 Å². The van der Waals surface area contributed by atoms with Crippen molar-refractivity contribution in [2.75, 3.05) is 24.3 Å². The molecule has 8 heteroatoms. The van der Waals surface area contributed by atoms with Crippen molar-refractivity contribution >= 4 is 34.6 Å². The first kappa shape index (κ1) is 19.7. The average molecular weight is 376 g/mol. The summed E-state index contributed by atoms with van der Waals surface area (Å²) in [5.41, 5.74) is 2.11. The third-order valence-corrected chi connectivity index (χ3v) is 4.69. The molecule has 140 valence electrons. The molecule has 1 aromatic heterocycles. The molecular weight excluding hydrogens is 352 g/mol. The summed E-state index contributed by atoms with van der Waals surface area (Å²) in [6.45, 7) is 6.14. The zero-order valence-electron chi connectivity index (χ0n) is 15.4. The van der Waals surface area contributed by atoms with Crippen LogP contribution in [0.25, 0.3) is 0 Å². The second kappa shape index (κ2) is 9.19. The summed E-state index contributed by atoms with van der Waals surface area (Å²) in [5, 5.41) is 11.4. The number of hydrogen-bond acceptors (Lipinski definition) is 5. The first-order valence-electron chi connectivity index (χ1n) is 8.33. The maximum atomic E-state index is 12.0. The number of ether oxygens (including phenoxy) is 1. The fourth-order valence-electron chi connectivity index (χ4n) is 2.24. The van der Waals surface area contributed by atoms with Crippen molar-refractivity contribution in [3.8, 4) is 5.75 Å². The standard InChI is InChI=1S/C18H24N4O3S/c1-11(2)17-21-14(10-26-17)7-8-19-18(24)22-13-5-6-15(20-12(3)23)16(9-13)25-4/h5-6,9-11H,7-8H2,1-4H3,(H,20,23)(H2,19,22,24). The Morgan fingerprint density at radius 2 is 2.04 bits per heavy atom. The number of nitrogens with one attached hydrogen (secondary N) is 3. The van der Waals surface area contributed by atoms with Crippen LogP contribution in [-0.4, -0.2) is 30.6 Å². The van der Waals surface area contributed by atoms with Crippen LogP contribution >= 0.6 is 11.3 Å². The number of anilines is 2. The number of thiazole rings is 1. The quantitative estimate of drug-likeness (QED) is 0.688. The predicted octanol–water partition coefficient (Wildman–Crippen LogP) is 3.60. The number of nitrogens with zero attached hydrogens (tertiary/aromatic N) is 1. The molecule has 1 aromatic carbocycles. The summed E-state index contributed by atoms with van der Waals surface area (Å²) in [5.74, 6) is 0.701. The third kappa shape index (κ3) is 5.73. The normalized spacial score (nSPS) is 10.5. The first-order chi connectivity index (χ1) is 12.4. The molecule has 0 bridgehead atoms. The zero-order valence-corrected chi connectivity index (χ0v) is 16.2. The molecule has 26 heavy (non-hydrogen) atoms. The first-order valence-corrected chi connectivity index (χ1v) is 9.21. The van der Waals surface area contributed by atoms with E-state index in [-0.39, 0.29) is 11.9 Å². The number of methoxy groups -OCH3 is 1. The van der Waals surface area contributed by atoms with E-state index in [0.29, 0.717) is 36.0 Å². The lowest BCUT2D eigenvalue weighted by molar-refractivity contribution is -0.114. The summed E-state index contributed by atoms with van der Waals surface area (Å²) >= 11 is 1.65. The summed E-state index contributed by atoms with van der Waals surface area (Å²) < 4.78 is 5.24. The Bertz CT molecular complexity index is 774. The van der Waals surface area contributed by atoms with Gasteiger partial charge in [0.05, 0.1) is 23.5 Å². The van der Waals surface area contributed by atoms with Gasteiger partial charge < -0.3 is 20.7 Å². The highest BCUT2D eigenvalue weighted by atomic mass is 32.1. The Kier molecular flexibility index (Phi) is 6.97. The minimum absolute atomic E-state index is 0.190. The summed E-state index contributed by atoms with van der Waals surface area (Å²) in [7, 11) is 1.50. The molecule has 0 aliphatic heterocycles. The molecular formula is C18H24N4O3S. The van der Waals surface area contributed by atoms with Gasteiger partial charge in [-0.15, -0.1) is 11.3 Å². The lowest BCUT2D eigenvalue weighted by Gasteiger charge is -2.12. The van der Waals surface area contributed by atoms with Crippen LogP contribution in [0.15, 0.2) is 23.6 Å². The molecule has 3 amide bonds. The average Bonchev–Trinajstić information content (AvgIpc) is 3.05. The summed E-state index contributed by atoms with van der Waals surface area (Å²) in [4.78, 5) is 27.7. The number of aromatic nitrogens is 1. The molecule has 0 spiro atoms. The van der Waals surface area contributed by atoms with Crippen molar-refractivity contribution in [3.05, 3.63) is 34.3 Å². The molecule has 0 atom stereocenters. The van der Waals surface area contributed by atoms with Crippen molar-refractivity contribution in [3.63, 3.8) is 0 Å². The maximum Gasteiger partial charge on any atom is 0.319 e. The highest BCUT2D eigenvalue weighted by molar-refractivity contribution is 7.09. The molecule has 3 N–H and O–H groups in total. The van der Waals surface area contributed by atoms with E-state index in [1.54, 1.807) is 29.5 Å². The summed E-state index contributed by atoms with van der Waals surface area (Å²) in [6, 6.07) is 4.72. The molecule has 7 nitrogen and oxygen atoms in total. The SMILES string of the molecule is COc1cc(NC(=O)NCCc2csc(C(C)C)n2)ccc1NC(C)=O. The van der Waals surface area contributed by atoms with Gasteiger partial charge in [-0.05, 0) is 12.1 Å². The Hall–Kier alpha value is -2.61. The van der Waals surface area contributed by atoms with Gasteiger partial charge in [-0.1, -0.05) is 13.8 Å². The second-order valence-corrected chi connectivity index (χ2v) is 6.95. The van der Waals surface area contributed by atoms with Gasteiger partial charge in [-0.25, -0.2) is 9.78 Å². The van der Waals surface area contributed by atoms with Gasteiger partial charge in [0.2, 0.25) is 5.91 Å². The zero-order chi connectivity index (χ0) is 19.1. The Balaban J connectivity index is 1.85. The van der Waals surface area contributed by atoms with E-state index in [1.165, 1.54) is 14.0 Å². The van der Waals surface area contributed by atoms with E-state index < -0.39 is 0 Å². The van der Waals surface area contributed by atoms with E-state index in [2.05, 4.69) is 34.8 Å².